The zero-order valence-corrected chi connectivity index (χ0v) is 52.8. The molecule has 85 heavy (non-hydrogen) atoms. The number of anilines is 4. The molecule has 1 aliphatic rings. The third-order valence-electron chi connectivity index (χ3n) is 16.3. The summed E-state index contributed by atoms with van der Waals surface area (Å²) in [7, 11) is 0. The Morgan fingerprint density at radius 3 is 1.67 bits per heavy atom. The fraction of sp³-hybridized carbons (Fsp3) is 0.270. The van der Waals surface area contributed by atoms with Gasteiger partial charge >= 0.3 is 0 Å². The van der Waals surface area contributed by atoms with Crippen LogP contribution in [0.15, 0.2) is 140 Å². The van der Waals surface area contributed by atoms with Gasteiger partial charge in [0, 0.05) is 72.5 Å². The van der Waals surface area contributed by atoms with Crippen molar-refractivity contribution in [2.24, 2.45) is 0 Å². The minimum Gasteiger partial charge on any atom is -0.509 e. The quantitative estimate of drug-likeness (QED) is 0.0528. The van der Waals surface area contributed by atoms with Crippen LogP contribution in [-0.4, -0.2) is 9.55 Å². The number of aromatic nitrogens is 2. The zero-order valence-electron chi connectivity index (χ0n) is 50.6. The summed E-state index contributed by atoms with van der Waals surface area (Å²) < 4.78 is 89.5. The predicted octanol–water partition coefficient (Wildman–Crippen LogP) is 21.8. The van der Waals surface area contributed by atoms with Gasteiger partial charge in [0.2, 0.25) is 5.82 Å². The fourth-order valence-electron chi connectivity index (χ4n) is 11.6. The van der Waals surface area contributed by atoms with Gasteiger partial charge in [-0.15, -0.1) is 53.6 Å². The number of nitrogens with zero attached hydrogens (tertiary/aromatic N) is 4. The molecule has 0 spiro atoms. The van der Waals surface area contributed by atoms with Gasteiger partial charge in [-0.1, -0.05) is 169 Å². The summed E-state index contributed by atoms with van der Waals surface area (Å²) >= 11 is 0. The van der Waals surface area contributed by atoms with E-state index in [1.807, 2.05) is 98.0 Å². The van der Waals surface area contributed by atoms with Crippen LogP contribution in [0.3, 0.4) is 0 Å². The number of rotatable bonds is 12. The predicted molar refractivity (Wildman–Crippen MR) is 334 cm³/mol. The zero-order chi connectivity index (χ0) is 60.0. The number of halogens is 5. The number of fused-ring (bicyclic) bond motifs is 4. The summed E-state index contributed by atoms with van der Waals surface area (Å²) in [6.45, 7) is 31.4. The van der Waals surface area contributed by atoms with E-state index in [-0.39, 0.29) is 61.4 Å². The van der Waals surface area contributed by atoms with Crippen LogP contribution in [0.1, 0.15) is 154 Å². The minimum atomic E-state index is -2.23. The van der Waals surface area contributed by atoms with Gasteiger partial charge < -0.3 is 19.1 Å². The third kappa shape index (κ3) is 11.1. The molecule has 440 valence electrons. The van der Waals surface area contributed by atoms with Gasteiger partial charge in [-0.3, -0.25) is 0 Å². The van der Waals surface area contributed by atoms with E-state index in [0.717, 1.165) is 72.1 Å². The van der Waals surface area contributed by atoms with Crippen LogP contribution < -0.4 is 14.5 Å². The first-order valence-corrected chi connectivity index (χ1v) is 29.0. The minimum absolute atomic E-state index is 0. The first kappa shape index (κ1) is 60.6. The molecule has 0 aliphatic carbocycles. The van der Waals surface area contributed by atoms with Gasteiger partial charge in [-0.25, -0.2) is 26.9 Å². The Labute approximate surface area is 511 Å². The van der Waals surface area contributed by atoms with E-state index in [9.17, 15) is 0 Å². The number of benzene rings is 8. The molecule has 0 saturated heterocycles. The molecule has 8 aromatic carbocycles. The Kier molecular flexibility index (Phi) is 16.4. The second-order valence-corrected chi connectivity index (χ2v) is 25.6. The first-order chi connectivity index (χ1) is 39.8. The largest absolute Gasteiger partial charge is 0.509 e. The Morgan fingerprint density at radius 2 is 1.07 bits per heavy atom. The molecule has 2 aromatic heterocycles. The molecule has 11 rings (SSSR count). The second kappa shape index (κ2) is 23.0. The summed E-state index contributed by atoms with van der Waals surface area (Å²) in [6, 6.07) is 51.7. The Hall–Kier alpha value is -7.55. The van der Waals surface area contributed by atoms with E-state index >= 15 is 22.0 Å². The Morgan fingerprint density at radius 1 is 0.494 bits per heavy atom. The van der Waals surface area contributed by atoms with Crippen molar-refractivity contribution in [1.29, 1.82) is 0 Å². The van der Waals surface area contributed by atoms with Gasteiger partial charge in [0.25, 0.3) is 0 Å². The van der Waals surface area contributed by atoms with Crippen LogP contribution >= 0.6 is 0 Å². The molecular formula is C74H70F5N4OPt-3. The number of para-hydroxylation sites is 3. The van der Waals surface area contributed by atoms with Gasteiger partial charge in [-0.2, -0.15) is 6.07 Å². The van der Waals surface area contributed by atoms with E-state index in [2.05, 4.69) is 166 Å². The van der Waals surface area contributed by atoms with Crippen LogP contribution in [0.5, 0.6) is 11.5 Å². The van der Waals surface area contributed by atoms with Crippen molar-refractivity contribution in [3.8, 4) is 50.7 Å². The standard InChI is InChI=1S/C74H70F5N4O.Pt/c1-41(2)45-30-46(42(3)4)32-47(31-45)58-35-50(74(12,13)14)36-59(66-67(75)69(77)71(79)70(78)68(66)76)72(58)82-40-81(61-24-17-18-25-62(61)82)51-33-48(65-54(43(5)6)21-19-22-55(65)44(7)8)34-53(38-51)84-52-26-27-57-56-20-15-16-23-60(56)83(63(57)39-52)64-37-49(28-29-80-64)73(9,10)11;/h15-37,40-44H,1-14H3;/q-3;. The molecule has 0 bridgehead atoms. The summed E-state index contributed by atoms with van der Waals surface area (Å²) in [5, 5.41) is 2.02. The van der Waals surface area contributed by atoms with Crippen LogP contribution in [0.4, 0.5) is 44.7 Å². The van der Waals surface area contributed by atoms with Crippen molar-refractivity contribution >= 4 is 44.6 Å². The number of ether oxygens (including phenoxy) is 1. The Balaban J connectivity index is 0.00000803. The van der Waals surface area contributed by atoms with Crippen molar-refractivity contribution < 1.29 is 47.8 Å². The average molecular weight is 1320 g/mol. The molecule has 0 radical (unpaired) electrons. The summed E-state index contributed by atoms with van der Waals surface area (Å²) in [5.41, 5.74) is 11.1. The topological polar surface area (TPSA) is 33.5 Å². The maximum atomic E-state index is 16.8. The molecule has 0 atom stereocenters. The molecule has 0 fully saturated rings. The number of hydrogen-bond acceptors (Lipinski definition) is 4. The number of pyridine rings is 1. The monoisotopic (exact) mass is 1320 g/mol. The van der Waals surface area contributed by atoms with Gasteiger partial charge in [0.15, 0.2) is 23.3 Å². The van der Waals surface area contributed by atoms with E-state index in [1.54, 1.807) is 6.07 Å². The maximum absolute atomic E-state index is 16.8. The fourth-order valence-corrected chi connectivity index (χ4v) is 11.6. The molecule has 0 amide bonds. The summed E-state index contributed by atoms with van der Waals surface area (Å²) in [4.78, 5) is 8.66. The van der Waals surface area contributed by atoms with Crippen molar-refractivity contribution in [3.05, 3.63) is 221 Å². The number of hydrogen-bond donors (Lipinski definition) is 0. The van der Waals surface area contributed by atoms with E-state index in [1.165, 1.54) is 0 Å². The molecule has 5 nitrogen and oxygen atoms in total. The summed E-state index contributed by atoms with van der Waals surface area (Å²) in [6.07, 6.45) is 1.85. The molecule has 1 aliphatic heterocycles. The molecule has 0 N–H and O–H groups in total. The van der Waals surface area contributed by atoms with Crippen molar-refractivity contribution in [2.75, 3.05) is 9.80 Å². The van der Waals surface area contributed by atoms with Crippen molar-refractivity contribution in [2.45, 2.75) is 131 Å². The van der Waals surface area contributed by atoms with E-state index < -0.39 is 40.1 Å². The van der Waals surface area contributed by atoms with E-state index in [0.29, 0.717) is 39.7 Å². The molecule has 11 heteroatoms. The molecular weight excluding hydrogens is 1250 g/mol. The van der Waals surface area contributed by atoms with Crippen molar-refractivity contribution in [1.82, 2.24) is 9.55 Å². The van der Waals surface area contributed by atoms with E-state index in [4.69, 9.17) is 9.72 Å². The summed E-state index contributed by atoms with van der Waals surface area (Å²) in [5.74, 6) is -8.12. The Bertz CT molecular complexity index is 4140. The molecule has 10 aromatic rings. The average Bonchev–Trinajstić information content (AvgIpc) is 1.92. The van der Waals surface area contributed by atoms with Gasteiger partial charge in [-0.05, 0) is 127 Å². The van der Waals surface area contributed by atoms with Crippen LogP contribution in [-0.2, 0) is 31.9 Å². The smallest absolute Gasteiger partial charge is 0.200 e. The first-order valence-electron chi connectivity index (χ1n) is 29.0. The second-order valence-electron chi connectivity index (χ2n) is 25.6. The third-order valence-corrected chi connectivity index (χ3v) is 16.3. The SMILES string of the molecule is CC(C)c1cc(-c2cc(C(C)(C)C)cc(-c3c(F)c(F)c(F)c(F)c3F)c2N2[CH-]N(c3[c-]c(Oc4[c-]c5c(cc4)c4ccccc4n5-c4cc(C(C)(C)C)ccn4)cc(-c4c(C(C)C)cccc4C(C)C)c3)c3ccccc32)cc(C(C)C)c1.[Pt]. The maximum Gasteiger partial charge on any atom is 0.200 e. The van der Waals surface area contributed by atoms with Gasteiger partial charge in [0.05, 0.1) is 5.56 Å². The van der Waals surface area contributed by atoms with Crippen LogP contribution in [0.25, 0.3) is 61.0 Å². The normalized spacial score (nSPS) is 12.9. The molecule has 0 saturated carbocycles. The molecule has 0 unspecified atom stereocenters. The van der Waals surface area contributed by atoms with Gasteiger partial charge in [0.1, 0.15) is 5.82 Å². The van der Waals surface area contributed by atoms with Crippen LogP contribution in [0, 0.1) is 47.9 Å². The van der Waals surface area contributed by atoms with Crippen molar-refractivity contribution in [3.63, 3.8) is 0 Å². The molecule has 3 heterocycles. The van der Waals surface area contributed by atoms with Crippen LogP contribution in [0.2, 0.25) is 0 Å².